The van der Waals surface area contributed by atoms with Crippen LogP contribution in [0.1, 0.15) is 37.3 Å². The number of nitrogens with zero attached hydrogens (tertiary/aromatic N) is 1. The number of sulfonamides is 1. The minimum atomic E-state index is -3.63. The van der Waals surface area contributed by atoms with Crippen molar-refractivity contribution in [2.75, 3.05) is 25.5 Å². The van der Waals surface area contributed by atoms with E-state index >= 15 is 0 Å². The van der Waals surface area contributed by atoms with E-state index in [0.29, 0.717) is 30.3 Å². The number of hydrogen-bond acceptors (Lipinski definition) is 5. The molecule has 0 bridgehead atoms. The van der Waals surface area contributed by atoms with Crippen LogP contribution in [0.4, 0.5) is 5.69 Å². The zero-order chi connectivity index (χ0) is 22.6. The van der Waals surface area contributed by atoms with E-state index in [1.165, 1.54) is 23.5 Å². The van der Waals surface area contributed by atoms with E-state index in [4.69, 9.17) is 9.47 Å². The number of rotatable bonds is 7. The summed E-state index contributed by atoms with van der Waals surface area (Å²) in [6, 6.07) is 10.2. The highest BCUT2D eigenvalue weighted by molar-refractivity contribution is 7.89. The fourth-order valence-corrected chi connectivity index (χ4v) is 5.07. The van der Waals surface area contributed by atoms with Crippen molar-refractivity contribution in [3.8, 4) is 11.5 Å². The van der Waals surface area contributed by atoms with Crippen molar-refractivity contribution in [3.63, 3.8) is 0 Å². The molecule has 0 unspecified atom stereocenters. The van der Waals surface area contributed by atoms with Crippen molar-refractivity contribution >= 4 is 21.6 Å². The summed E-state index contributed by atoms with van der Waals surface area (Å²) in [7, 11) is -2.16. The van der Waals surface area contributed by atoms with Crippen molar-refractivity contribution in [1.29, 1.82) is 0 Å². The van der Waals surface area contributed by atoms with Crippen LogP contribution in [0.25, 0.3) is 0 Å². The van der Waals surface area contributed by atoms with Gasteiger partial charge in [0.2, 0.25) is 10.0 Å². The fourth-order valence-electron chi connectivity index (χ4n) is 3.53. The third-order valence-electron chi connectivity index (χ3n) is 5.61. The molecule has 2 aromatic rings. The van der Waals surface area contributed by atoms with Gasteiger partial charge in [-0.1, -0.05) is 18.6 Å². The zero-order valence-electron chi connectivity index (χ0n) is 18.5. The van der Waals surface area contributed by atoms with Gasteiger partial charge in [-0.2, -0.15) is 4.31 Å². The van der Waals surface area contributed by atoms with Crippen molar-refractivity contribution in [2.24, 2.45) is 0 Å². The second-order valence-electron chi connectivity index (χ2n) is 7.77. The molecule has 7 nitrogen and oxygen atoms in total. The molecule has 1 fully saturated rings. The number of anilines is 1. The summed E-state index contributed by atoms with van der Waals surface area (Å²) in [6.07, 6.45) is 1.96. The number of aryl methyl sites for hydroxylation is 1. The first kappa shape index (κ1) is 23.1. The summed E-state index contributed by atoms with van der Waals surface area (Å²) < 4.78 is 38.7. The Hall–Kier alpha value is -2.58. The minimum Gasteiger partial charge on any atom is -0.495 e. The molecule has 1 amide bonds. The number of methoxy groups -OCH3 is 1. The van der Waals surface area contributed by atoms with Crippen LogP contribution in [-0.4, -0.2) is 44.9 Å². The van der Waals surface area contributed by atoms with E-state index in [2.05, 4.69) is 5.32 Å². The van der Waals surface area contributed by atoms with Gasteiger partial charge in [-0.15, -0.1) is 0 Å². The van der Waals surface area contributed by atoms with Crippen LogP contribution in [0.3, 0.4) is 0 Å². The number of amides is 1. The number of hydrogen-bond donors (Lipinski definition) is 1. The Morgan fingerprint density at radius 3 is 2.45 bits per heavy atom. The molecule has 0 radical (unpaired) electrons. The van der Waals surface area contributed by atoms with Crippen LogP contribution in [0.15, 0.2) is 41.3 Å². The number of carbonyl (C=O) groups is 1. The highest BCUT2D eigenvalue weighted by Gasteiger charge is 2.27. The molecule has 31 heavy (non-hydrogen) atoms. The van der Waals surface area contributed by atoms with E-state index in [1.807, 2.05) is 32.0 Å². The van der Waals surface area contributed by atoms with E-state index in [0.717, 1.165) is 30.4 Å². The molecule has 1 heterocycles. The van der Waals surface area contributed by atoms with Gasteiger partial charge in [-0.25, -0.2) is 8.42 Å². The maximum Gasteiger partial charge on any atom is 0.265 e. The van der Waals surface area contributed by atoms with Crippen LogP contribution in [0.5, 0.6) is 11.5 Å². The minimum absolute atomic E-state index is 0.133. The Kier molecular flexibility index (Phi) is 7.23. The lowest BCUT2D eigenvalue weighted by atomic mass is 10.1. The monoisotopic (exact) mass is 446 g/mol. The number of piperidine rings is 1. The van der Waals surface area contributed by atoms with Crippen LogP contribution in [0.2, 0.25) is 0 Å². The zero-order valence-corrected chi connectivity index (χ0v) is 19.3. The van der Waals surface area contributed by atoms with Gasteiger partial charge in [-0.3, -0.25) is 4.79 Å². The average molecular weight is 447 g/mol. The molecule has 1 saturated heterocycles. The molecule has 0 saturated carbocycles. The second-order valence-corrected chi connectivity index (χ2v) is 9.71. The van der Waals surface area contributed by atoms with Gasteiger partial charge in [0.05, 0.1) is 17.7 Å². The predicted molar refractivity (Wildman–Crippen MR) is 120 cm³/mol. The molecule has 0 aromatic heterocycles. The Morgan fingerprint density at radius 1 is 1.06 bits per heavy atom. The van der Waals surface area contributed by atoms with E-state index < -0.39 is 22.0 Å². The number of nitrogens with one attached hydrogen (secondary N) is 1. The number of benzene rings is 2. The Bertz CT molecular complexity index is 1050. The van der Waals surface area contributed by atoms with Crippen molar-refractivity contribution in [1.82, 2.24) is 4.31 Å². The maximum absolute atomic E-state index is 13.0. The third-order valence-corrected chi connectivity index (χ3v) is 7.50. The molecular weight excluding hydrogens is 416 g/mol. The highest BCUT2D eigenvalue weighted by Crippen LogP contribution is 2.30. The first-order valence-corrected chi connectivity index (χ1v) is 11.9. The largest absolute Gasteiger partial charge is 0.495 e. The quantitative estimate of drug-likeness (QED) is 0.697. The normalized spacial score (nSPS) is 15.9. The fraction of sp³-hybridized carbons (Fsp3) is 0.435. The summed E-state index contributed by atoms with van der Waals surface area (Å²) >= 11 is 0. The molecule has 0 aliphatic carbocycles. The number of carbonyl (C=O) groups excluding carboxylic acids is 1. The highest BCUT2D eigenvalue weighted by atomic mass is 32.2. The maximum atomic E-state index is 13.0. The van der Waals surface area contributed by atoms with Crippen LogP contribution < -0.4 is 14.8 Å². The third kappa shape index (κ3) is 5.19. The Labute approximate surface area is 184 Å². The van der Waals surface area contributed by atoms with Crippen molar-refractivity contribution in [3.05, 3.63) is 47.5 Å². The summed E-state index contributed by atoms with van der Waals surface area (Å²) in [5, 5.41) is 2.76. The molecule has 3 rings (SSSR count). The van der Waals surface area contributed by atoms with Gasteiger partial charge >= 0.3 is 0 Å². The van der Waals surface area contributed by atoms with Crippen LogP contribution in [-0.2, 0) is 14.8 Å². The first-order chi connectivity index (χ1) is 14.7. The molecule has 8 heteroatoms. The topological polar surface area (TPSA) is 84.9 Å². The lowest BCUT2D eigenvalue weighted by molar-refractivity contribution is -0.122. The smallest absolute Gasteiger partial charge is 0.265 e. The van der Waals surface area contributed by atoms with E-state index in [-0.39, 0.29) is 4.90 Å². The Morgan fingerprint density at radius 2 is 1.77 bits per heavy atom. The standard InChI is InChI=1S/C23H30N2O5S/c1-16-9-8-10-21(17(16)2)30-18(3)23(26)24-20-15-19(11-12-22(20)29-4)31(27,28)25-13-6-5-7-14-25/h8-12,15,18H,5-7,13-14H2,1-4H3,(H,24,26)/t18-/m1/s1. The number of ether oxygens (including phenoxy) is 2. The molecule has 2 aromatic carbocycles. The molecule has 1 aliphatic rings. The summed E-state index contributed by atoms with van der Waals surface area (Å²) in [5.74, 6) is 0.618. The Balaban J connectivity index is 1.80. The second kappa shape index (κ2) is 9.70. The lowest BCUT2D eigenvalue weighted by Crippen LogP contribution is -2.35. The molecule has 1 atom stereocenters. The summed E-state index contributed by atoms with van der Waals surface area (Å²) in [4.78, 5) is 12.9. The van der Waals surface area contributed by atoms with E-state index in [1.54, 1.807) is 13.0 Å². The molecule has 0 spiro atoms. The molecule has 1 N–H and O–H groups in total. The SMILES string of the molecule is COc1ccc(S(=O)(=O)N2CCCCC2)cc1NC(=O)[C@@H](C)Oc1cccc(C)c1C. The molecular formula is C23H30N2O5S. The molecule has 1 aliphatic heterocycles. The lowest BCUT2D eigenvalue weighted by Gasteiger charge is -2.26. The van der Waals surface area contributed by atoms with Crippen LogP contribution in [0, 0.1) is 13.8 Å². The van der Waals surface area contributed by atoms with Gasteiger partial charge in [0.1, 0.15) is 11.5 Å². The molecule has 168 valence electrons. The summed E-state index contributed by atoms with van der Waals surface area (Å²) in [6.45, 7) is 6.59. The van der Waals surface area contributed by atoms with Gasteiger partial charge in [-0.05, 0) is 69.0 Å². The average Bonchev–Trinajstić information content (AvgIpc) is 2.77. The van der Waals surface area contributed by atoms with Gasteiger partial charge in [0.25, 0.3) is 5.91 Å². The van der Waals surface area contributed by atoms with E-state index in [9.17, 15) is 13.2 Å². The van der Waals surface area contributed by atoms with Gasteiger partial charge < -0.3 is 14.8 Å². The summed E-state index contributed by atoms with van der Waals surface area (Å²) in [5.41, 5.74) is 2.33. The van der Waals surface area contributed by atoms with Crippen molar-refractivity contribution < 1.29 is 22.7 Å². The van der Waals surface area contributed by atoms with Gasteiger partial charge in [0, 0.05) is 13.1 Å². The first-order valence-electron chi connectivity index (χ1n) is 10.5. The van der Waals surface area contributed by atoms with Crippen molar-refractivity contribution in [2.45, 2.75) is 51.0 Å². The predicted octanol–water partition coefficient (Wildman–Crippen LogP) is 3.89. The van der Waals surface area contributed by atoms with Gasteiger partial charge in [0.15, 0.2) is 6.10 Å². The van der Waals surface area contributed by atoms with Crippen LogP contribution >= 0.6 is 0 Å².